The fourth-order valence-electron chi connectivity index (χ4n) is 2.25. The fourth-order valence-corrected chi connectivity index (χ4v) is 2.53. The quantitative estimate of drug-likeness (QED) is 0.799. The van der Waals surface area contributed by atoms with Gasteiger partial charge in [0.05, 0.1) is 19.2 Å². The van der Waals surface area contributed by atoms with Gasteiger partial charge in [0.1, 0.15) is 17.6 Å². The van der Waals surface area contributed by atoms with E-state index in [9.17, 15) is 14.0 Å². The van der Waals surface area contributed by atoms with Gasteiger partial charge in [0.25, 0.3) is 5.91 Å². The minimum atomic E-state index is -0.910. The number of amides is 1. The van der Waals surface area contributed by atoms with Gasteiger partial charge >= 0.3 is 5.97 Å². The van der Waals surface area contributed by atoms with Gasteiger partial charge in [0, 0.05) is 12.0 Å². The third-order valence-electron chi connectivity index (χ3n) is 3.55. The maximum atomic E-state index is 13.0. The molecule has 0 heterocycles. The Morgan fingerprint density at radius 2 is 1.84 bits per heavy atom. The van der Waals surface area contributed by atoms with Gasteiger partial charge in [-0.2, -0.15) is 0 Å². The van der Waals surface area contributed by atoms with Crippen molar-refractivity contribution in [2.45, 2.75) is 12.5 Å². The van der Waals surface area contributed by atoms with Crippen molar-refractivity contribution in [3.63, 3.8) is 0 Å². The first-order chi connectivity index (χ1) is 11.9. The van der Waals surface area contributed by atoms with Crippen LogP contribution in [0.4, 0.5) is 4.39 Å². The van der Waals surface area contributed by atoms with Gasteiger partial charge in [0.2, 0.25) is 0 Å². The van der Waals surface area contributed by atoms with E-state index in [4.69, 9.17) is 21.1 Å². The van der Waals surface area contributed by atoms with Crippen LogP contribution < -0.4 is 10.1 Å². The molecule has 0 aliphatic carbocycles. The second-order valence-electron chi connectivity index (χ2n) is 5.23. The molecule has 0 saturated heterocycles. The van der Waals surface area contributed by atoms with Crippen molar-refractivity contribution in [2.75, 3.05) is 14.2 Å². The molecule has 7 heteroatoms. The lowest BCUT2D eigenvalue weighted by Gasteiger charge is -2.17. The summed E-state index contributed by atoms with van der Waals surface area (Å²) in [6.07, 6.45) is 0.184. The molecule has 1 atom stereocenters. The number of benzene rings is 2. The molecule has 0 aliphatic rings. The Morgan fingerprint density at radius 1 is 1.16 bits per heavy atom. The van der Waals surface area contributed by atoms with E-state index >= 15 is 0 Å². The van der Waals surface area contributed by atoms with Crippen molar-refractivity contribution >= 4 is 23.5 Å². The van der Waals surface area contributed by atoms with E-state index in [0.29, 0.717) is 10.8 Å². The average Bonchev–Trinajstić information content (AvgIpc) is 2.61. The number of nitrogens with one attached hydrogen (secondary N) is 1. The lowest BCUT2D eigenvalue weighted by Crippen LogP contribution is -2.43. The van der Waals surface area contributed by atoms with Gasteiger partial charge in [-0.3, -0.25) is 4.79 Å². The number of rotatable bonds is 6. The number of carbonyl (C=O) groups is 2. The van der Waals surface area contributed by atoms with Crippen molar-refractivity contribution < 1.29 is 23.5 Å². The van der Waals surface area contributed by atoms with Crippen LogP contribution in [0.5, 0.6) is 5.75 Å². The summed E-state index contributed by atoms with van der Waals surface area (Å²) >= 11 is 6.08. The zero-order valence-corrected chi connectivity index (χ0v) is 14.5. The average molecular weight is 366 g/mol. The van der Waals surface area contributed by atoms with Gasteiger partial charge in [-0.15, -0.1) is 0 Å². The predicted octanol–water partition coefficient (Wildman–Crippen LogP) is 3.00. The first-order valence-corrected chi connectivity index (χ1v) is 7.79. The van der Waals surface area contributed by atoms with Crippen LogP contribution in [0.3, 0.4) is 0 Å². The van der Waals surface area contributed by atoms with E-state index in [-0.39, 0.29) is 12.0 Å². The molecule has 2 aromatic carbocycles. The third-order valence-corrected chi connectivity index (χ3v) is 3.85. The summed E-state index contributed by atoms with van der Waals surface area (Å²) in [6.45, 7) is 0. The molecule has 25 heavy (non-hydrogen) atoms. The van der Waals surface area contributed by atoms with Crippen molar-refractivity contribution in [2.24, 2.45) is 0 Å². The highest BCUT2D eigenvalue weighted by molar-refractivity contribution is 6.32. The molecule has 2 aromatic rings. The maximum absolute atomic E-state index is 13.0. The lowest BCUT2D eigenvalue weighted by molar-refractivity contribution is -0.142. The van der Waals surface area contributed by atoms with Crippen LogP contribution in [0.2, 0.25) is 5.02 Å². The van der Waals surface area contributed by atoms with Crippen molar-refractivity contribution in [3.05, 3.63) is 64.4 Å². The highest BCUT2D eigenvalue weighted by Crippen LogP contribution is 2.25. The van der Waals surface area contributed by atoms with Crippen LogP contribution >= 0.6 is 11.6 Å². The zero-order valence-electron chi connectivity index (χ0n) is 13.7. The van der Waals surface area contributed by atoms with E-state index in [1.54, 1.807) is 18.2 Å². The Kier molecular flexibility index (Phi) is 6.36. The summed E-state index contributed by atoms with van der Waals surface area (Å²) in [5.74, 6) is -1.04. The van der Waals surface area contributed by atoms with Crippen LogP contribution in [-0.4, -0.2) is 32.1 Å². The Labute approximate surface area is 149 Å². The fraction of sp³-hybridized carbons (Fsp3) is 0.222. The van der Waals surface area contributed by atoms with Crippen LogP contribution in [0.25, 0.3) is 0 Å². The van der Waals surface area contributed by atoms with Crippen LogP contribution in [0.1, 0.15) is 15.9 Å². The molecular formula is C18H17ClFNO4. The Morgan fingerprint density at radius 3 is 2.40 bits per heavy atom. The zero-order chi connectivity index (χ0) is 18.4. The summed E-state index contributed by atoms with van der Waals surface area (Å²) in [6, 6.07) is 9.18. The highest BCUT2D eigenvalue weighted by atomic mass is 35.5. The molecule has 0 fully saturated rings. The summed E-state index contributed by atoms with van der Waals surface area (Å²) in [7, 11) is 2.74. The van der Waals surface area contributed by atoms with Crippen molar-refractivity contribution in [3.8, 4) is 5.75 Å². The highest BCUT2D eigenvalue weighted by Gasteiger charge is 2.23. The molecule has 0 aliphatic heterocycles. The molecule has 0 aromatic heterocycles. The van der Waals surface area contributed by atoms with Gasteiger partial charge < -0.3 is 14.8 Å². The molecule has 0 bridgehead atoms. The van der Waals surface area contributed by atoms with Gasteiger partial charge in [-0.05, 0) is 42.0 Å². The Hall–Kier alpha value is -2.60. The minimum Gasteiger partial charge on any atom is -0.495 e. The first kappa shape index (κ1) is 18.7. The number of hydrogen-bond donors (Lipinski definition) is 1. The van der Waals surface area contributed by atoms with Crippen LogP contribution in [0, 0.1) is 5.82 Å². The Bertz CT molecular complexity index is 764. The molecule has 2 rings (SSSR count). The smallest absolute Gasteiger partial charge is 0.328 e. The standard InChI is InChI=1S/C18H17ClFNO4/c1-24-16-8-3-11(9-14(16)19)10-15(18(23)25-2)21-17(22)12-4-6-13(20)7-5-12/h3-9,15H,10H2,1-2H3,(H,21,22)/t15-/m0/s1. The van der Waals surface area contributed by atoms with Crippen molar-refractivity contribution in [1.82, 2.24) is 5.32 Å². The molecular weight excluding hydrogens is 349 g/mol. The molecule has 1 amide bonds. The monoisotopic (exact) mass is 365 g/mol. The number of hydrogen-bond acceptors (Lipinski definition) is 4. The first-order valence-electron chi connectivity index (χ1n) is 7.41. The maximum Gasteiger partial charge on any atom is 0.328 e. The van der Waals surface area contributed by atoms with Crippen molar-refractivity contribution in [1.29, 1.82) is 0 Å². The molecule has 5 nitrogen and oxygen atoms in total. The number of ether oxygens (including phenoxy) is 2. The van der Waals surface area contributed by atoms with E-state index in [2.05, 4.69) is 5.32 Å². The minimum absolute atomic E-state index is 0.184. The SMILES string of the molecule is COC(=O)[C@H](Cc1ccc(OC)c(Cl)c1)NC(=O)c1ccc(F)cc1. The molecule has 0 saturated carbocycles. The summed E-state index contributed by atoms with van der Waals surface area (Å²) in [4.78, 5) is 24.2. The molecule has 0 unspecified atom stereocenters. The van der Waals surface area contributed by atoms with E-state index in [0.717, 1.165) is 5.56 Å². The van der Waals surface area contributed by atoms with Gasteiger partial charge in [0.15, 0.2) is 0 Å². The molecule has 0 radical (unpaired) electrons. The molecule has 1 N–H and O–H groups in total. The number of halogens is 2. The normalized spacial score (nSPS) is 11.5. The predicted molar refractivity (Wildman–Crippen MR) is 91.4 cm³/mol. The van der Waals surface area contributed by atoms with Crippen LogP contribution in [0.15, 0.2) is 42.5 Å². The van der Waals surface area contributed by atoms with Crippen LogP contribution in [-0.2, 0) is 16.0 Å². The second-order valence-corrected chi connectivity index (χ2v) is 5.64. The van der Waals surface area contributed by atoms with E-state index in [1.807, 2.05) is 0 Å². The third kappa shape index (κ3) is 4.93. The number of methoxy groups -OCH3 is 2. The summed E-state index contributed by atoms with van der Waals surface area (Å²) in [5, 5.41) is 2.99. The number of esters is 1. The topological polar surface area (TPSA) is 64.6 Å². The van der Waals surface area contributed by atoms with Gasteiger partial charge in [-0.25, -0.2) is 9.18 Å². The second kappa shape index (κ2) is 8.48. The largest absolute Gasteiger partial charge is 0.495 e. The summed E-state index contributed by atoms with van der Waals surface area (Å²) in [5.41, 5.74) is 0.962. The lowest BCUT2D eigenvalue weighted by atomic mass is 10.0. The number of carbonyl (C=O) groups excluding carboxylic acids is 2. The van der Waals surface area contributed by atoms with E-state index in [1.165, 1.54) is 38.5 Å². The molecule has 0 spiro atoms. The molecule has 132 valence electrons. The van der Waals surface area contributed by atoms with Gasteiger partial charge in [-0.1, -0.05) is 17.7 Å². The van der Waals surface area contributed by atoms with E-state index < -0.39 is 23.7 Å². The summed E-state index contributed by atoms with van der Waals surface area (Å²) < 4.78 is 22.8. The Balaban J connectivity index is 2.16.